The van der Waals surface area contributed by atoms with Gasteiger partial charge in [0.25, 0.3) is 5.91 Å². The molecule has 2 aromatic rings. The van der Waals surface area contributed by atoms with Crippen LogP contribution in [-0.4, -0.2) is 43.3 Å². The lowest BCUT2D eigenvalue weighted by atomic mass is 10.0. The molecule has 5 nitrogen and oxygen atoms in total. The Hall–Kier alpha value is -2.67. The second-order valence-corrected chi connectivity index (χ2v) is 6.31. The highest BCUT2D eigenvalue weighted by Gasteiger charge is 2.43. The lowest BCUT2D eigenvalue weighted by molar-refractivity contribution is -0.286. The van der Waals surface area contributed by atoms with Gasteiger partial charge in [0.05, 0.1) is 0 Å². The minimum absolute atomic E-state index is 0.00282. The Bertz CT molecular complexity index is 833. The quantitative estimate of drug-likeness (QED) is 0.894. The molecule has 1 amide bonds. The fraction of sp³-hybridized carbons (Fsp3) is 0.316. The van der Waals surface area contributed by atoms with E-state index >= 15 is 0 Å². The fourth-order valence-electron chi connectivity index (χ4n) is 3.19. The summed E-state index contributed by atoms with van der Waals surface area (Å²) >= 11 is 0. The number of nitrogens with one attached hydrogen (secondary N) is 1. The van der Waals surface area contributed by atoms with Crippen LogP contribution < -0.4 is 14.8 Å². The molecule has 0 unspecified atom stereocenters. The van der Waals surface area contributed by atoms with Gasteiger partial charge in [-0.25, -0.2) is 0 Å². The van der Waals surface area contributed by atoms with E-state index < -0.39 is 6.29 Å². The standard InChI is InChI=1S/C19H18F2N2O3/c20-19(21)25-16-6-5-14(12-17(16)26-19)13-3-1-4-15(11-13)18(24)23-9-2-7-22-8-10-23/h1,3-6,11-12,22H,2,7-10H2. The third kappa shape index (κ3) is 3.35. The minimum Gasteiger partial charge on any atom is -0.395 e. The van der Waals surface area contributed by atoms with Crippen molar-refractivity contribution in [2.24, 2.45) is 0 Å². The molecule has 26 heavy (non-hydrogen) atoms. The van der Waals surface area contributed by atoms with Crippen molar-refractivity contribution >= 4 is 5.91 Å². The molecule has 4 rings (SSSR count). The molecule has 2 aromatic carbocycles. The highest BCUT2D eigenvalue weighted by atomic mass is 19.3. The third-order valence-electron chi connectivity index (χ3n) is 4.47. The summed E-state index contributed by atoms with van der Waals surface area (Å²) in [5.41, 5.74) is 2.01. The number of ether oxygens (including phenoxy) is 2. The van der Waals surface area contributed by atoms with Gasteiger partial charge in [-0.2, -0.15) is 0 Å². The molecule has 1 saturated heterocycles. The van der Waals surface area contributed by atoms with E-state index in [1.54, 1.807) is 24.3 Å². The zero-order chi connectivity index (χ0) is 18.1. The molecule has 2 aliphatic rings. The molecule has 2 heterocycles. The molecule has 0 aromatic heterocycles. The number of carbonyl (C=O) groups excluding carboxylic acids is 1. The highest BCUT2D eigenvalue weighted by molar-refractivity contribution is 5.95. The summed E-state index contributed by atoms with van der Waals surface area (Å²) in [4.78, 5) is 14.6. The van der Waals surface area contributed by atoms with Crippen LogP contribution in [-0.2, 0) is 0 Å². The van der Waals surface area contributed by atoms with Crippen molar-refractivity contribution in [2.75, 3.05) is 26.2 Å². The zero-order valence-corrected chi connectivity index (χ0v) is 14.0. The Morgan fingerprint density at radius 1 is 1.00 bits per heavy atom. The summed E-state index contributed by atoms with van der Waals surface area (Å²) < 4.78 is 35.3. The summed E-state index contributed by atoms with van der Waals surface area (Å²) in [6.07, 6.45) is -2.72. The number of benzene rings is 2. The van der Waals surface area contributed by atoms with E-state index in [-0.39, 0.29) is 17.4 Å². The Balaban J connectivity index is 1.59. The van der Waals surface area contributed by atoms with Crippen LogP contribution in [0.3, 0.4) is 0 Å². The smallest absolute Gasteiger partial charge is 0.395 e. The molecular weight excluding hydrogens is 342 g/mol. The topological polar surface area (TPSA) is 50.8 Å². The van der Waals surface area contributed by atoms with Gasteiger partial charge in [0, 0.05) is 25.2 Å². The third-order valence-corrected chi connectivity index (χ3v) is 4.47. The maximum atomic E-state index is 13.2. The van der Waals surface area contributed by atoms with E-state index in [4.69, 9.17) is 0 Å². The van der Waals surface area contributed by atoms with Crippen LogP contribution in [0.25, 0.3) is 11.1 Å². The molecule has 0 atom stereocenters. The van der Waals surface area contributed by atoms with Crippen molar-refractivity contribution in [3.63, 3.8) is 0 Å². The number of hydrogen-bond acceptors (Lipinski definition) is 4. The Morgan fingerprint density at radius 3 is 2.69 bits per heavy atom. The van der Waals surface area contributed by atoms with Crippen molar-refractivity contribution in [3.8, 4) is 22.6 Å². The lowest BCUT2D eigenvalue weighted by Gasteiger charge is -2.20. The number of carbonyl (C=O) groups is 1. The van der Waals surface area contributed by atoms with Crippen molar-refractivity contribution in [3.05, 3.63) is 48.0 Å². The van der Waals surface area contributed by atoms with Crippen molar-refractivity contribution in [2.45, 2.75) is 12.7 Å². The van der Waals surface area contributed by atoms with Crippen LogP contribution in [0.5, 0.6) is 11.5 Å². The SMILES string of the molecule is O=C(c1cccc(-c2ccc3c(c2)OC(F)(F)O3)c1)N1CCCNCC1. The van der Waals surface area contributed by atoms with Crippen molar-refractivity contribution in [1.29, 1.82) is 0 Å². The summed E-state index contributed by atoms with van der Waals surface area (Å²) in [6.45, 7) is 3.07. The molecule has 2 aliphatic heterocycles. The maximum Gasteiger partial charge on any atom is 0.586 e. The molecule has 136 valence electrons. The number of fused-ring (bicyclic) bond motifs is 1. The molecule has 0 spiro atoms. The lowest BCUT2D eigenvalue weighted by Crippen LogP contribution is -2.34. The predicted octanol–water partition coefficient (Wildman–Crippen LogP) is 3.11. The van der Waals surface area contributed by atoms with Gasteiger partial charge in [-0.3, -0.25) is 4.79 Å². The fourth-order valence-corrected chi connectivity index (χ4v) is 3.19. The maximum absolute atomic E-state index is 13.2. The number of alkyl halides is 2. The monoisotopic (exact) mass is 360 g/mol. The number of rotatable bonds is 2. The number of nitrogens with zero attached hydrogens (tertiary/aromatic N) is 1. The number of halogens is 2. The molecule has 0 bridgehead atoms. The average Bonchev–Trinajstić information content (AvgIpc) is 2.79. The molecule has 0 radical (unpaired) electrons. The van der Waals surface area contributed by atoms with E-state index in [0.717, 1.165) is 31.6 Å². The molecule has 0 aliphatic carbocycles. The van der Waals surface area contributed by atoms with Crippen LogP contribution in [0.15, 0.2) is 42.5 Å². The van der Waals surface area contributed by atoms with Gasteiger partial charge in [-0.1, -0.05) is 18.2 Å². The minimum atomic E-state index is -3.64. The van der Waals surface area contributed by atoms with Crippen molar-refractivity contribution < 1.29 is 23.0 Å². The first-order chi connectivity index (χ1) is 12.5. The molecule has 0 saturated carbocycles. The number of amides is 1. The van der Waals surface area contributed by atoms with Gasteiger partial charge in [0.1, 0.15) is 0 Å². The van der Waals surface area contributed by atoms with E-state index in [9.17, 15) is 13.6 Å². The molecule has 1 N–H and O–H groups in total. The Labute approximate surface area is 149 Å². The second-order valence-electron chi connectivity index (χ2n) is 6.31. The largest absolute Gasteiger partial charge is 0.586 e. The van der Waals surface area contributed by atoms with Crippen LogP contribution in [0, 0.1) is 0 Å². The van der Waals surface area contributed by atoms with Crippen LogP contribution in [0.1, 0.15) is 16.8 Å². The van der Waals surface area contributed by atoms with Crippen LogP contribution in [0.4, 0.5) is 8.78 Å². The van der Waals surface area contributed by atoms with Crippen molar-refractivity contribution in [1.82, 2.24) is 10.2 Å². The first-order valence-corrected chi connectivity index (χ1v) is 8.52. The van der Waals surface area contributed by atoms with Crippen LogP contribution in [0.2, 0.25) is 0 Å². The molecule has 7 heteroatoms. The van der Waals surface area contributed by atoms with Gasteiger partial charge in [0.2, 0.25) is 0 Å². The van der Waals surface area contributed by atoms with E-state index in [0.29, 0.717) is 17.7 Å². The Morgan fingerprint density at radius 2 is 1.81 bits per heavy atom. The summed E-state index contributed by atoms with van der Waals surface area (Å²) in [5, 5.41) is 3.27. The van der Waals surface area contributed by atoms with Crippen LogP contribution >= 0.6 is 0 Å². The summed E-state index contributed by atoms with van der Waals surface area (Å²) in [5.74, 6) is -0.0336. The Kier molecular flexibility index (Phi) is 4.24. The zero-order valence-electron chi connectivity index (χ0n) is 14.0. The molecular formula is C19H18F2N2O3. The number of hydrogen-bond donors (Lipinski definition) is 1. The van der Waals surface area contributed by atoms with E-state index in [2.05, 4.69) is 14.8 Å². The summed E-state index contributed by atoms with van der Waals surface area (Å²) in [7, 11) is 0. The normalized spacial score (nSPS) is 18.5. The summed E-state index contributed by atoms with van der Waals surface area (Å²) in [6, 6.07) is 11.8. The van der Waals surface area contributed by atoms with Gasteiger partial charge in [0.15, 0.2) is 11.5 Å². The van der Waals surface area contributed by atoms with Gasteiger partial charge in [-0.05, 0) is 48.4 Å². The predicted molar refractivity (Wildman–Crippen MR) is 91.5 cm³/mol. The first kappa shape index (κ1) is 16.8. The second kappa shape index (κ2) is 6.57. The van der Waals surface area contributed by atoms with E-state index in [1.165, 1.54) is 12.1 Å². The van der Waals surface area contributed by atoms with Gasteiger partial charge < -0.3 is 19.7 Å². The van der Waals surface area contributed by atoms with Gasteiger partial charge in [-0.15, -0.1) is 8.78 Å². The average molecular weight is 360 g/mol. The van der Waals surface area contributed by atoms with E-state index in [1.807, 2.05) is 11.0 Å². The first-order valence-electron chi connectivity index (χ1n) is 8.52. The molecule has 1 fully saturated rings. The van der Waals surface area contributed by atoms with Gasteiger partial charge >= 0.3 is 6.29 Å². The highest BCUT2D eigenvalue weighted by Crippen LogP contribution is 2.42.